The van der Waals surface area contributed by atoms with Crippen LogP contribution in [0.1, 0.15) is 6.92 Å². The summed E-state index contributed by atoms with van der Waals surface area (Å²) in [5, 5.41) is 2.97. The topological polar surface area (TPSA) is 35.6 Å². The quantitative estimate of drug-likeness (QED) is 0.878. The molecule has 1 amide bonds. The third kappa shape index (κ3) is 4.31. The molecule has 2 aromatic rings. The largest absolute Gasteiger partial charge is 0.369 e. The van der Waals surface area contributed by atoms with Gasteiger partial charge in [-0.05, 0) is 49.4 Å². The zero-order chi connectivity index (χ0) is 18.7. The molecule has 1 atom stereocenters. The van der Waals surface area contributed by atoms with Crippen LogP contribution in [-0.2, 0) is 4.79 Å². The first-order chi connectivity index (χ1) is 12.4. The number of rotatable bonds is 4. The van der Waals surface area contributed by atoms with Crippen LogP contribution < -0.4 is 10.2 Å². The number of carbonyl (C=O) groups excluding carboxylic acids is 1. The van der Waals surface area contributed by atoms with Gasteiger partial charge in [0.05, 0.1) is 11.7 Å². The fourth-order valence-electron chi connectivity index (χ4n) is 3.02. The number of carbonyl (C=O) groups is 1. The third-order valence-electron chi connectivity index (χ3n) is 4.62. The van der Waals surface area contributed by atoms with Gasteiger partial charge in [-0.25, -0.2) is 8.78 Å². The van der Waals surface area contributed by atoms with Gasteiger partial charge in [-0.15, -0.1) is 0 Å². The standard InChI is InChI=1S/C19H20ClF2N3O/c1-13(19(26)23-18-12-14(20)2-7-17(18)22)24-8-10-25(11-9-24)16-5-3-15(21)4-6-16/h2-7,12-13H,8-11H2,1H3,(H,23,26). The molecule has 1 saturated heterocycles. The minimum absolute atomic E-state index is 0.0827. The Morgan fingerprint density at radius 2 is 1.73 bits per heavy atom. The second kappa shape index (κ2) is 8.01. The van der Waals surface area contributed by atoms with Crippen molar-refractivity contribution < 1.29 is 13.6 Å². The molecular formula is C19H20ClF2N3O. The Kier molecular flexibility index (Phi) is 5.74. The number of nitrogens with one attached hydrogen (secondary N) is 1. The molecule has 1 unspecified atom stereocenters. The van der Waals surface area contributed by atoms with Crippen molar-refractivity contribution in [3.63, 3.8) is 0 Å². The van der Waals surface area contributed by atoms with E-state index in [1.165, 1.54) is 30.3 Å². The highest BCUT2D eigenvalue weighted by atomic mass is 35.5. The van der Waals surface area contributed by atoms with Crippen molar-refractivity contribution in [1.29, 1.82) is 0 Å². The predicted molar refractivity (Wildman–Crippen MR) is 99.7 cm³/mol. The first kappa shape index (κ1) is 18.6. The first-order valence-corrected chi connectivity index (χ1v) is 8.82. The van der Waals surface area contributed by atoms with Crippen molar-refractivity contribution in [2.75, 3.05) is 36.4 Å². The van der Waals surface area contributed by atoms with Crippen LogP contribution in [0.2, 0.25) is 5.02 Å². The molecule has 2 aromatic carbocycles. The number of halogens is 3. The van der Waals surface area contributed by atoms with Gasteiger partial charge in [0, 0.05) is 36.9 Å². The van der Waals surface area contributed by atoms with E-state index in [-0.39, 0.29) is 17.4 Å². The second-order valence-corrected chi connectivity index (χ2v) is 6.73. The maximum Gasteiger partial charge on any atom is 0.241 e. The lowest BCUT2D eigenvalue weighted by molar-refractivity contribution is -0.120. The SMILES string of the molecule is CC(C(=O)Nc1cc(Cl)ccc1F)N1CCN(c2ccc(F)cc2)CC1. The van der Waals surface area contributed by atoms with Gasteiger partial charge in [0.25, 0.3) is 0 Å². The van der Waals surface area contributed by atoms with E-state index in [0.717, 1.165) is 18.8 Å². The van der Waals surface area contributed by atoms with Gasteiger partial charge in [-0.3, -0.25) is 9.69 Å². The molecule has 1 aliphatic rings. The first-order valence-electron chi connectivity index (χ1n) is 8.44. The lowest BCUT2D eigenvalue weighted by atomic mass is 10.2. The van der Waals surface area contributed by atoms with Crippen molar-refractivity contribution >= 4 is 28.9 Å². The number of hydrogen-bond acceptors (Lipinski definition) is 3. The molecule has 0 saturated carbocycles. The fraction of sp³-hybridized carbons (Fsp3) is 0.316. The van der Waals surface area contributed by atoms with Crippen LogP contribution in [0.4, 0.5) is 20.2 Å². The van der Waals surface area contributed by atoms with Crippen LogP contribution >= 0.6 is 11.6 Å². The van der Waals surface area contributed by atoms with Crippen molar-refractivity contribution in [3.05, 3.63) is 59.1 Å². The molecule has 0 bridgehead atoms. The van der Waals surface area contributed by atoms with E-state index in [4.69, 9.17) is 11.6 Å². The molecule has 7 heteroatoms. The molecule has 26 heavy (non-hydrogen) atoms. The maximum absolute atomic E-state index is 13.8. The fourth-order valence-corrected chi connectivity index (χ4v) is 3.19. The van der Waals surface area contributed by atoms with E-state index >= 15 is 0 Å². The predicted octanol–water partition coefficient (Wildman–Crippen LogP) is 3.77. The van der Waals surface area contributed by atoms with E-state index in [2.05, 4.69) is 10.2 Å². The summed E-state index contributed by atoms with van der Waals surface area (Å²) in [6, 6.07) is 10.0. The van der Waals surface area contributed by atoms with Crippen molar-refractivity contribution in [2.45, 2.75) is 13.0 Å². The summed E-state index contributed by atoms with van der Waals surface area (Å²) in [6.07, 6.45) is 0. The average Bonchev–Trinajstić information content (AvgIpc) is 2.65. The van der Waals surface area contributed by atoms with Gasteiger partial charge in [-0.2, -0.15) is 0 Å². The van der Waals surface area contributed by atoms with E-state index < -0.39 is 11.9 Å². The van der Waals surface area contributed by atoms with Crippen LogP contribution in [0.5, 0.6) is 0 Å². The normalized spacial score (nSPS) is 16.4. The van der Waals surface area contributed by atoms with Gasteiger partial charge in [0.15, 0.2) is 0 Å². The lowest BCUT2D eigenvalue weighted by Gasteiger charge is -2.38. The lowest BCUT2D eigenvalue weighted by Crippen LogP contribution is -2.52. The number of benzene rings is 2. The molecule has 1 fully saturated rings. The summed E-state index contributed by atoms with van der Waals surface area (Å²) in [5.41, 5.74) is 1.04. The Labute approximate surface area is 156 Å². The number of nitrogens with zero attached hydrogens (tertiary/aromatic N) is 2. The van der Waals surface area contributed by atoms with Crippen LogP contribution in [0.25, 0.3) is 0 Å². The number of amides is 1. The van der Waals surface area contributed by atoms with Crippen molar-refractivity contribution in [1.82, 2.24) is 4.90 Å². The van der Waals surface area contributed by atoms with Crippen molar-refractivity contribution in [3.8, 4) is 0 Å². The molecule has 0 spiro atoms. The number of anilines is 2. The summed E-state index contributed by atoms with van der Waals surface area (Å²) in [6.45, 7) is 4.63. The van der Waals surface area contributed by atoms with Gasteiger partial charge >= 0.3 is 0 Å². The van der Waals surface area contributed by atoms with Crippen LogP contribution in [0.3, 0.4) is 0 Å². The van der Waals surface area contributed by atoms with Gasteiger partial charge in [-0.1, -0.05) is 11.6 Å². The highest BCUT2D eigenvalue weighted by Gasteiger charge is 2.26. The Morgan fingerprint density at radius 3 is 2.38 bits per heavy atom. The van der Waals surface area contributed by atoms with E-state index in [1.54, 1.807) is 19.1 Å². The average molecular weight is 380 g/mol. The summed E-state index contributed by atoms with van der Waals surface area (Å²) in [5.74, 6) is -1.05. The highest BCUT2D eigenvalue weighted by molar-refractivity contribution is 6.30. The summed E-state index contributed by atoms with van der Waals surface area (Å²) in [4.78, 5) is 16.6. The van der Waals surface area contributed by atoms with E-state index in [0.29, 0.717) is 18.1 Å². The molecule has 1 N–H and O–H groups in total. The smallest absolute Gasteiger partial charge is 0.241 e. The van der Waals surface area contributed by atoms with Crippen molar-refractivity contribution in [2.24, 2.45) is 0 Å². The monoisotopic (exact) mass is 379 g/mol. The Hall–Kier alpha value is -2.18. The summed E-state index contributed by atoms with van der Waals surface area (Å²) >= 11 is 5.86. The zero-order valence-corrected chi connectivity index (χ0v) is 15.1. The maximum atomic E-state index is 13.8. The van der Waals surface area contributed by atoms with E-state index in [1.807, 2.05) is 4.90 Å². The second-order valence-electron chi connectivity index (χ2n) is 6.29. The molecular weight excluding hydrogens is 360 g/mol. The molecule has 1 heterocycles. The Balaban J connectivity index is 1.57. The summed E-state index contributed by atoms with van der Waals surface area (Å²) < 4.78 is 26.8. The minimum Gasteiger partial charge on any atom is -0.369 e. The van der Waals surface area contributed by atoms with Gasteiger partial charge in [0.1, 0.15) is 11.6 Å². The van der Waals surface area contributed by atoms with Crippen LogP contribution in [0, 0.1) is 11.6 Å². The minimum atomic E-state index is -0.518. The Morgan fingerprint density at radius 1 is 1.08 bits per heavy atom. The molecule has 0 radical (unpaired) electrons. The third-order valence-corrected chi connectivity index (χ3v) is 4.85. The zero-order valence-electron chi connectivity index (χ0n) is 14.4. The van der Waals surface area contributed by atoms with Gasteiger partial charge in [0.2, 0.25) is 5.91 Å². The van der Waals surface area contributed by atoms with E-state index in [9.17, 15) is 13.6 Å². The number of hydrogen-bond donors (Lipinski definition) is 1. The highest BCUT2D eigenvalue weighted by Crippen LogP contribution is 2.21. The number of piperazine rings is 1. The molecule has 0 aliphatic carbocycles. The molecule has 0 aromatic heterocycles. The molecule has 1 aliphatic heterocycles. The Bertz CT molecular complexity index is 777. The van der Waals surface area contributed by atoms with Gasteiger partial charge < -0.3 is 10.2 Å². The molecule has 138 valence electrons. The summed E-state index contributed by atoms with van der Waals surface area (Å²) in [7, 11) is 0. The molecule has 4 nitrogen and oxygen atoms in total. The van der Waals surface area contributed by atoms with Crippen LogP contribution in [-0.4, -0.2) is 43.0 Å². The van der Waals surface area contributed by atoms with Crippen LogP contribution in [0.15, 0.2) is 42.5 Å². The molecule has 3 rings (SSSR count).